The lowest BCUT2D eigenvalue weighted by Gasteiger charge is -2.28. The first-order valence-corrected chi connectivity index (χ1v) is 17.4. The Morgan fingerprint density at radius 3 is 2.43 bits per heavy atom. The molecule has 49 heavy (non-hydrogen) atoms. The minimum atomic E-state index is -4.34. The molecule has 7 rings (SSSR count). The Morgan fingerprint density at radius 2 is 1.73 bits per heavy atom. The number of halogens is 1. The third kappa shape index (κ3) is 5.79. The highest BCUT2D eigenvalue weighted by Gasteiger charge is 2.38. The molecule has 3 heterocycles. The van der Waals surface area contributed by atoms with Crippen molar-refractivity contribution >= 4 is 67.0 Å². The molecule has 0 bridgehead atoms. The number of nitrogens with one attached hydrogen (secondary N) is 3. The van der Waals surface area contributed by atoms with Crippen LogP contribution in [-0.2, 0) is 36.4 Å². The molecule has 1 aromatic heterocycles. The van der Waals surface area contributed by atoms with Crippen LogP contribution >= 0.6 is 0 Å². The van der Waals surface area contributed by atoms with Crippen LogP contribution in [0.25, 0.3) is 21.8 Å². The molecule has 2 saturated heterocycles. The van der Waals surface area contributed by atoms with E-state index in [1.54, 1.807) is 11.8 Å². The molecule has 256 valence electrons. The molecule has 1 unspecified atom stereocenters. The van der Waals surface area contributed by atoms with Gasteiger partial charge in [-0.3, -0.25) is 33.6 Å². The maximum absolute atomic E-state index is 15.4. The van der Waals surface area contributed by atoms with Crippen LogP contribution in [0.5, 0.6) is 5.75 Å². The standard InChI is InChI=1S/C33H33FN6O8S/c1-38-25-14-19(6-9-23(25)40(33(38)46)24-10-11-27(42)36-32(24)45)18-4-2-17(3-5-18)12-28(43)35-21-7-8-22-20(13-21)15-26(41)31(30(22)34)39-16-29(44)37-49(39,47)48/h6-9,13-15,17-18,24,41H,2-5,10-12,16H2,1H3,(H,35,43)(H,37,44)(H,36,42,45)/t17-,18-,24?. The zero-order valence-corrected chi connectivity index (χ0v) is 27.2. The first-order valence-electron chi connectivity index (χ1n) is 15.9. The van der Waals surface area contributed by atoms with E-state index < -0.39 is 51.9 Å². The molecule has 3 aliphatic rings. The average Bonchev–Trinajstić information content (AvgIpc) is 3.46. The molecule has 3 fully saturated rings. The molecule has 4 amide bonds. The molecular weight excluding hydrogens is 659 g/mol. The van der Waals surface area contributed by atoms with Crippen LogP contribution in [-0.4, -0.2) is 52.8 Å². The third-order valence-electron chi connectivity index (χ3n) is 9.81. The highest BCUT2D eigenvalue weighted by molar-refractivity contribution is 7.92. The van der Waals surface area contributed by atoms with Crippen molar-refractivity contribution in [3.8, 4) is 5.75 Å². The Kier molecular flexibility index (Phi) is 7.92. The SMILES string of the molecule is Cn1c(=O)n(C2CCC(=O)NC2=O)c2ccc([C@H]3CC[C@H](CC(=O)Nc4ccc5c(F)c(N6CC(=O)NS6(=O)=O)c(O)cc5c4)CC3)cc21. The number of piperidine rings is 1. The Labute approximate surface area is 279 Å². The van der Waals surface area contributed by atoms with Gasteiger partial charge < -0.3 is 10.4 Å². The summed E-state index contributed by atoms with van der Waals surface area (Å²) in [5.74, 6) is -3.20. The van der Waals surface area contributed by atoms with Gasteiger partial charge in [0, 0.05) is 31.0 Å². The summed E-state index contributed by atoms with van der Waals surface area (Å²) in [5.41, 5.74) is 1.85. The molecule has 4 aromatic rings. The summed E-state index contributed by atoms with van der Waals surface area (Å²) < 4.78 is 45.0. The lowest BCUT2D eigenvalue weighted by molar-refractivity contribution is -0.135. The minimum absolute atomic E-state index is 0.00413. The van der Waals surface area contributed by atoms with Crippen molar-refractivity contribution in [3.63, 3.8) is 0 Å². The number of benzene rings is 3. The Hall–Kier alpha value is -5.25. The highest BCUT2D eigenvalue weighted by atomic mass is 32.2. The van der Waals surface area contributed by atoms with Crippen LogP contribution in [0, 0.1) is 11.7 Å². The second-order valence-corrected chi connectivity index (χ2v) is 14.5. The minimum Gasteiger partial charge on any atom is -0.506 e. The fraction of sp³-hybridized carbons (Fsp3) is 0.364. The molecule has 4 N–H and O–H groups in total. The number of aromatic nitrogens is 2. The topological polar surface area (TPSA) is 189 Å². The number of imidazole rings is 1. The van der Waals surface area contributed by atoms with E-state index in [9.17, 15) is 37.5 Å². The monoisotopic (exact) mass is 692 g/mol. The number of carbonyl (C=O) groups is 4. The number of phenolic OH excluding ortho intramolecular Hbond substituents is 1. The number of amides is 4. The molecule has 0 radical (unpaired) electrons. The first-order chi connectivity index (χ1) is 23.3. The van der Waals surface area contributed by atoms with E-state index >= 15 is 4.39 Å². The third-order valence-corrected chi connectivity index (χ3v) is 11.2. The van der Waals surface area contributed by atoms with Crippen LogP contribution < -0.4 is 25.4 Å². The first kappa shape index (κ1) is 32.3. The van der Waals surface area contributed by atoms with Crippen LogP contribution in [0.15, 0.2) is 47.3 Å². The fourth-order valence-electron chi connectivity index (χ4n) is 7.34. The molecule has 16 heteroatoms. The number of phenols is 1. The Bertz CT molecular complexity index is 2260. The summed E-state index contributed by atoms with van der Waals surface area (Å²) in [6.45, 7) is -0.661. The Morgan fingerprint density at radius 1 is 0.980 bits per heavy atom. The Balaban J connectivity index is 0.995. The van der Waals surface area contributed by atoms with E-state index in [2.05, 4.69) is 10.6 Å². The van der Waals surface area contributed by atoms with Crippen molar-refractivity contribution in [2.75, 3.05) is 16.2 Å². The summed E-state index contributed by atoms with van der Waals surface area (Å²) >= 11 is 0. The van der Waals surface area contributed by atoms with E-state index in [0.717, 1.165) is 31.2 Å². The van der Waals surface area contributed by atoms with E-state index in [-0.39, 0.29) is 59.4 Å². The van der Waals surface area contributed by atoms with E-state index in [1.165, 1.54) is 33.4 Å². The summed E-state index contributed by atoms with van der Waals surface area (Å²) in [7, 11) is -2.67. The number of rotatable bonds is 6. The van der Waals surface area contributed by atoms with E-state index in [1.807, 2.05) is 18.2 Å². The number of carbonyl (C=O) groups excluding carboxylic acids is 4. The number of anilines is 2. The maximum atomic E-state index is 15.4. The maximum Gasteiger partial charge on any atom is 0.329 e. The van der Waals surface area contributed by atoms with Gasteiger partial charge in [0.05, 0.1) is 11.0 Å². The second kappa shape index (κ2) is 12.0. The van der Waals surface area contributed by atoms with Crippen molar-refractivity contribution in [3.05, 3.63) is 64.3 Å². The lowest BCUT2D eigenvalue weighted by atomic mass is 9.77. The van der Waals surface area contributed by atoms with Gasteiger partial charge in [-0.1, -0.05) is 6.07 Å². The van der Waals surface area contributed by atoms with Crippen LogP contribution in [0.4, 0.5) is 15.8 Å². The van der Waals surface area contributed by atoms with Crippen molar-refractivity contribution in [1.29, 1.82) is 0 Å². The largest absolute Gasteiger partial charge is 0.506 e. The number of aryl methyl sites for hydroxylation is 1. The van der Waals surface area contributed by atoms with Gasteiger partial charge in [-0.15, -0.1) is 0 Å². The smallest absolute Gasteiger partial charge is 0.329 e. The number of hydrogen-bond acceptors (Lipinski definition) is 8. The molecule has 1 saturated carbocycles. The molecule has 14 nitrogen and oxygen atoms in total. The number of hydrogen-bond donors (Lipinski definition) is 4. The average molecular weight is 693 g/mol. The molecule has 2 aliphatic heterocycles. The van der Waals surface area contributed by atoms with Gasteiger partial charge in [-0.05, 0) is 91.3 Å². The van der Waals surface area contributed by atoms with Gasteiger partial charge >= 0.3 is 15.9 Å². The quantitative estimate of drug-likeness (QED) is 0.222. The van der Waals surface area contributed by atoms with Crippen molar-refractivity contribution in [2.24, 2.45) is 13.0 Å². The summed E-state index contributed by atoms with van der Waals surface area (Å²) in [5, 5.41) is 15.9. The predicted molar refractivity (Wildman–Crippen MR) is 177 cm³/mol. The zero-order chi connectivity index (χ0) is 34.8. The van der Waals surface area contributed by atoms with Crippen molar-refractivity contribution < 1.29 is 37.1 Å². The van der Waals surface area contributed by atoms with E-state index in [4.69, 9.17) is 0 Å². The molecule has 0 spiro atoms. The van der Waals surface area contributed by atoms with Crippen molar-refractivity contribution in [1.82, 2.24) is 19.2 Å². The molecule has 1 atom stereocenters. The summed E-state index contributed by atoms with van der Waals surface area (Å²) in [6, 6.07) is 10.6. The zero-order valence-electron chi connectivity index (χ0n) is 26.4. The van der Waals surface area contributed by atoms with Crippen molar-refractivity contribution in [2.45, 2.75) is 56.9 Å². The van der Waals surface area contributed by atoms with Gasteiger partial charge in [0.2, 0.25) is 17.7 Å². The normalized spacial score (nSPS) is 22.4. The van der Waals surface area contributed by atoms with Gasteiger partial charge in [-0.25, -0.2) is 18.2 Å². The number of nitrogens with zero attached hydrogens (tertiary/aromatic N) is 3. The number of imide groups is 1. The van der Waals surface area contributed by atoms with E-state index in [0.29, 0.717) is 21.0 Å². The lowest BCUT2D eigenvalue weighted by Crippen LogP contribution is -2.44. The van der Waals surface area contributed by atoms with Gasteiger partial charge in [0.15, 0.2) is 5.82 Å². The number of fused-ring (bicyclic) bond motifs is 2. The number of aromatic hydroxyl groups is 1. The van der Waals surface area contributed by atoms with Crippen LogP contribution in [0.2, 0.25) is 0 Å². The molecule has 1 aliphatic carbocycles. The van der Waals surface area contributed by atoms with Gasteiger partial charge in [-0.2, -0.15) is 8.42 Å². The molecular formula is C33H33FN6O8S. The van der Waals surface area contributed by atoms with Gasteiger partial charge in [0.25, 0.3) is 5.91 Å². The van der Waals surface area contributed by atoms with Crippen LogP contribution in [0.3, 0.4) is 0 Å². The van der Waals surface area contributed by atoms with Crippen LogP contribution in [0.1, 0.15) is 62.5 Å². The second-order valence-electron chi connectivity index (χ2n) is 12.9. The predicted octanol–water partition coefficient (Wildman–Crippen LogP) is 2.80. The highest BCUT2D eigenvalue weighted by Crippen LogP contribution is 2.40. The summed E-state index contributed by atoms with van der Waals surface area (Å²) in [4.78, 5) is 61.9. The fourth-order valence-corrected chi connectivity index (χ4v) is 8.50. The molecule has 3 aromatic carbocycles. The summed E-state index contributed by atoms with van der Waals surface area (Å²) in [6.07, 6.45) is 4.02. The van der Waals surface area contributed by atoms with Gasteiger partial charge in [0.1, 0.15) is 24.0 Å².